The first-order valence-electron chi connectivity index (χ1n) is 17.0. The Labute approximate surface area is 315 Å². The molecule has 0 amide bonds. The van der Waals surface area contributed by atoms with Crippen molar-refractivity contribution >= 4 is 51.3 Å². The van der Waals surface area contributed by atoms with E-state index < -0.39 is 0 Å². The second-order valence-corrected chi connectivity index (χ2v) is 12.2. The van der Waals surface area contributed by atoms with Gasteiger partial charge in [-0.2, -0.15) is 111 Å². The summed E-state index contributed by atoms with van der Waals surface area (Å²) in [7, 11) is 2.02. The standard InChI is InChI=1S/C30H26N4.C13H11N3.Ir/c1-3-13-25(14-4-1)33-23-31(27-17-7-9-19-29(27)33)21-11-12-22-32-24-34(26-15-5-2-6-16-26)30-20-10-8-18-28(30)32;1-15-10-16(11-6-3-2-4-7-11)13-12(15)8-5-9-14-13;/h1-10,13,15,17-20,23-24H,11-12,21-22H2;2-6,8-10H,1H3;/q-4;-2;. The molecule has 0 aliphatic carbocycles. The Hall–Kier alpha value is -5.30. The number of aromatic nitrogens is 1. The average molecular weight is 844 g/mol. The Morgan fingerprint density at radius 1 is 0.490 bits per heavy atom. The van der Waals surface area contributed by atoms with Crippen LogP contribution in [0.25, 0.3) is 0 Å². The number of benzene rings is 5. The zero-order chi connectivity index (χ0) is 33.7. The van der Waals surface area contributed by atoms with Crippen LogP contribution in [0.4, 0.5) is 51.3 Å². The predicted octanol–water partition coefficient (Wildman–Crippen LogP) is 9.51. The van der Waals surface area contributed by atoms with E-state index >= 15 is 0 Å². The maximum atomic E-state index is 4.40. The molecular formula is C43H37IrN7-6. The van der Waals surface area contributed by atoms with E-state index in [2.05, 4.69) is 140 Å². The van der Waals surface area contributed by atoms with Gasteiger partial charge in [-0.1, -0.05) is 24.3 Å². The van der Waals surface area contributed by atoms with Crippen molar-refractivity contribution in [1.82, 2.24) is 4.98 Å². The third kappa shape index (κ3) is 7.16. The van der Waals surface area contributed by atoms with Gasteiger partial charge in [0.05, 0.1) is 0 Å². The van der Waals surface area contributed by atoms with Crippen LogP contribution in [0.1, 0.15) is 12.8 Å². The number of fused-ring (bicyclic) bond motifs is 3. The monoisotopic (exact) mass is 844 g/mol. The van der Waals surface area contributed by atoms with Crippen LogP contribution in [0.5, 0.6) is 0 Å². The van der Waals surface area contributed by atoms with E-state index in [1.165, 1.54) is 22.7 Å². The third-order valence-corrected chi connectivity index (χ3v) is 8.98. The molecule has 51 heavy (non-hydrogen) atoms. The topological polar surface area (TPSA) is 32.3 Å². The fraction of sp³-hybridized carbons (Fsp3) is 0.116. The number of anilines is 9. The van der Waals surface area contributed by atoms with Gasteiger partial charge in [0, 0.05) is 54.7 Å². The van der Waals surface area contributed by atoms with Crippen molar-refractivity contribution in [1.29, 1.82) is 0 Å². The Morgan fingerprint density at radius 3 is 1.39 bits per heavy atom. The van der Waals surface area contributed by atoms with Crippen LogP contribution in [-0.2, 0) is 20.1 Å². The molecule has 0 atom stereocenters. The van der Waals surface area contributed by atoms with Gasteiger partial charge in [0.1, 0.15) is 5.82 Å². The smallest absolute Gasteiger partial charge is 0.124 e. The molecule has 1 radical (unpaired) electrons. The minimum atomic E-state index is 0. The summed E-state index contributed by atoms with van der Waals surface area (Å²) in [5.74, 6) is 0.951. The fourth-order valence-corrected chi connectivity index (χ4v) is 6.57. The van der Waals surface area contributed by atoms with Crippen LogP contribution in [-0.4, -0.2) is 25.1 Å². The zero-order valence-corrected chi connectivity index (χ0v) is 30.7. The number of hydrogen-bond acceptors (Lipinski definition) is 7. The van der Waals surface area contributed by atoms with Crippen molar-refractivity contribution in [2.45, 2.75) is 12.8 Å². The van der Waals surface area contributed by atoms with E-state index in [1.807, 2.05) is 79.4 Å². The molecule has 0 saturated carbocycles. The van der Waals surface area contributed by atoms with Gasteiger partial charge in [0.2, 0.25) is 0 Å². The van der Waals surface area contributed by atoms with Gasteiger partial charge in [-0.3, -0.25) is 0 Å². The maximum absolute atomic E-state index is 4.40. The van der Waals surface area contributed by atoms with E-state index in [9.17, 15) is 0 Å². The Balaban J connectivity index is 0.000000200. The maximum Gasteiger partial charge on any atom is 0.124 e. The molecule has 0 spiro atoms. The fourth-order valence-electron chi connectivity index (χ4n) is 6.57. The first-order valence-corrected chi connectivity index (χ1v) is 17.0. The van der Waals surface area contributed by atoms with E-state index in [1.54, 1.807) is 0 Å². The van der Waals surface area contributed by atoms with Crippen LogP contribution >= 0.6 is 0 Å². The minimum absolute atomic E-state index is 0. The van der Waals surface area contributed by atoms with Gasteiger partial charge in [0.25, 0.3) is 0 Å². The van der Waals surface area contributed by atoms with Gasteiger partial charge in [-0.05, 0) is 69.4 Å². The van der Waals surface area contributed by atoms with Gasteiger partial charge >= 0.3 is 0 Å². The van der Waals surface area contributed by atoms with E-state index in [0.29, 0.717) is 0 Å². The summed E-state index contributed by atoms with van der Waals surface area (Å²) >= 11 is 0. The molecule has 7 nitrogen and oxygen atoms in total. The van der Waals surface area contributed by atoms with Crippen LogP contribution in [0.2, 0.25) is 0 Å². The predicted molar refractivity (Wildman–Crippen MR) is 205 cm³/mol. The van der Waals surface area contributed by atoms with Crippen molar-refractivity contribution in [2.75, 3.05) is 49.5 Å². The molecule has 6 aromatic rings. The number of hydrogen-bond donors (Lipinski definition) is 0. The molecule has 1 aromatic heterocycles. The molecule has 259 valence electrons. The second-order valence-electron chi connectivity index (χ2n) is 12.2. The zero-order valence-electron chi connectivity index (χ0n) is 28.3. The summed E-state index contributed by atoms with van der Waals surface area (Å²) in [6, 6.07) is 55.3. The normalized spacial score (nSPS) is 14.1. The van der Waals surface area contributed by atoms with Gasteiger partial charge in [-0.15, -0.1) is 17.1 Å². The minimum Gasteiger partial charge on any atom is -0.502 e. The van der Waals surface area contributed by atoms with E-state index in [0.717, 1.165) is 54.5 Å². The molecular weight excluding hydrogens is 807 g/mol. The van der Waals surface area contributed by atoms with Gasteiger partial charge in [-0.25, -0.2) is 4.98 Å². The molecule has 4 heterocycles. The van der Waals surface area contributed by atoms with Crippen molar-refractivity contribution in [2.24, 2.45) is 0 Å². The molecule has 0 fully saturated rings. The summed E-state index contributed by atoms with van der Waals surface area (Å²) < 4.78 is 0. The number of para-hydroxylation sites is 7. The molecule has 8 heteroatoms. The molecule has 0 N–H and O–H groups in total. The molecule has 5 aromatic carbocycles. The van der Waals surface area contributed by atoms with E-state index in [-0.39, 0.29) is 20.1 Å². The molecule has 3 aliphatic rings. The number of pyridine rings is 1. The second kappa shape index (κ2) is 15.7. The number of rotatable bonds is 8. The number of unbranched alkanes of at least 4 members (excludes halogenated alkanes) is 1. The third-order valence-electron chi connectivity index (χ3n) is 8.98. The molecule has 0 saturated heterocycles. The van der Waals surface area contributed by atoms with Crippen molar-refractivity contribution in [3.63, 3.8) is 0 Å². The number of nitrogens with zero attached hydrogens (tertiary/aromatic N) is 7. The summed E-state index contributed by atoms with van der Waals surface area (Å²) in [4.78, 5) is 17.7. The van der Waals surface area contributed by atoms with Crippen molar-refractivity contribution in [3.05, 3.63) is 178 Å². The SMILES string of the molecule is CN1[CH-]N(c2[c-]cccc2)c2ncccc21.[Ir].[c-]1ccccc1N1[CH-]N(CCCCN2[CH-]N(c3[c-]cccc3)c3ccccc32)c2ccccc21. The first kappa shape index (κ1) is 34.2. The first-order chi connectivity index (χ1) is 24.7. The molecule has 0 bridgehead atoms. The quantitative estimate of drug-likeness (QED) is 0.112. The Morgan fingerprint density at radius 2 is 0.922 bits per heavy atom. The van der Waals surface area contributed by atoms with Gasteiger partial charge < -0.3 is 29.4 Å². The van der Waals surface area contributed by atoms with Crippen LogP contribution in [0.15, 0.2) is 140 Å². The summed E-state index contributed by atoms with van der Waals surface area (Å²) in [5, 5.41) is 0. The molecule has 9 rings (SSSR count). The van der Waals surface area contributed by atoms with Crippen LogP contribution < -0.4 is 29.4 Å². The Kier molecular flexibility index (Phi) is 10.5. The summed E-state index contributed by atoms with van der Waals surface area (Å²) in [6.07, 6.45) is 4.00. The van der Waals surface area contributed by atoms with E-state index in [4.69, 9.17) is 0 Å². The average Bonchev–Trinajstić information content (AvgIpc) is 3.86. The molecule has 3 aliphatic heterocycles. The Bertz CT molecular complexity index is 1910. The van der Waals surface area contributed by atoms with Crippen molar-refractivity contribution < 1.29 is 20.1 Å². The van der Waals surface area contributed by atoms with Crippen LogP contribution in [0, 0.1) is 38.2 Å². The van der Waals surface area contributed by atoms with Crippen molar-refractivity contribution in [3.8, 4) is 0 Å². The largest absolute Gasteiger partial charge is 0.502 e. The molecule has 0 unspecified atom stereocenters. The summed E-state index contributed by atoms with van der Waals surface area (Å²) in [5.41, 5.74) is 9.18. The summed E-state index contributed by atoms with van der Waals surface area (Å²) in [6.45, 7) is 8.39. The van der Waals surface area contributed by atoms with Crippen LogP contribution in [0.3, 0.4) is 0 Å². The van der Waals surface area contributed by atoms with Gasteiger partial charge in [0.15, 0.2) is 0 Å².